The third-order valence-corrected chi connectivity index (χ3v) is 6.38. The van der Waals surface area contributed by atoms with Crippen LogP contribution in [0.25, 0.3) is 5.65 Å². The molecule has 5 rings (SSSR count). The van der Waals surface area contributed by atoms with Crippen LogP contribution in [-0.2, 0) is 6.42 Å². The maximum Gasteiger partial charge on any atom is 0.256 e. The number of halogens is 2. The quantitative estimate of drug-likeness (QED) is 0.371. The maximum absolute atomic E-state index is 12.3. The Labute approximate surface area is 205 Å². The van der Waals surface area contributed by atoms with Gasteiger partial charge in [-0.1, -0.05) is 29.3 Å². The summed E-state index contributed by atoms with van der Waals surface area (Å²) in [4.78, 5) is 19.3. The average Bonchev–Trinajstić information content (AvgIpc) is 3.32. The van der Waals surface area contributed by atoms with Crippen LogP contribution in [0.15, 0.2) is 42.5 Å². The first kappa shape index (κ1) is 22.3. The van der Waals surface area contributed by atoms with Gasteiger partial charge in [0.15, 0.2) is 5.65 Å². The Balaban J connectivity index is 1.52. The summed E-state index contributed by atoms with van der Waals surface area (Å²) in [5.41, 5.74) is 8.51. The van der Waals surface area contributed by atoms with E-state index in [9.17, 15) is 4.79 Å². The fourth-order valence-corrected chi connectivity index (χ4v) is 4.49. The SMILES string of the molecule is NC(=O)c1c(Nc2ccc(N3CCNCC3)cc2)nc(Cc2c(Cl)cccc2Cl)n2nnnc12. The lowest BCUT2D eigenvalue weighted by molar-refractivity contribution is 0.100. The summed E-state index contributed by atoms with van der Waals surface area (Å²) >= 11 is 12.7. The lowest BCUT2D eigenvalue weighted by Crippen LogP contribution is -2.43. The lowest BCUT2D eigenvalue weighted by Gasteiger charge is -2.29. The number of rotatable bonds is 6. The van der Waals surface area contributed by atoms with Gasteiger partial charge in [0, 0.05) is 54.0 Å². The Hall–Kier alpha value is -3.47. The minimum absolute atomic E-state index is 0.0881. The second-order valence-corrected chi connectivity index (χ2v) is 8.63. The van der Waals surface area contributed by atoms with Gasteiger partial charge in [-0.3, -0.25) is 4.79 Å². The molecule has 4 N–H and O–H groups in total. The Kier molecular flexibility index (Phi) is 6.18. The molecule has 1 fully saturated rings. The van der Waals surface area contributed by atoms with Crippen LogP contribution < -0.4 is 21.3 Å². The normalized spacial score (nSPS) is 13.9. The molecule has 1 aliphatic heterocycles. The number of carbonyl (C=O) groups excluding carboxylic acids is 1. The molecule has 174 valence electrons. The standard InChI is InChI=1S/C22H21Cl2N9O/c23-16-2-1-3-17(24)15(16)12-18-28-21(19(20(25)34)22-29-30-31-33(18)22)27-13-4-6-14(7-5-13)32-10-8-26-9-11-32/h1-7,26-27H,8-12H2,(H2,25,34). The monoisotopic (exact) mass is 497 g/mol. The van der Waals surface area contributed by atoms with Gasteiger partial charge in [-0.25, -0.2) is 4.98 Å². The molecule has 1 saturated heterocycles. The number of piperazine rings is 1. The summed E-state index contributed by atoms with van der Waals surface area (Å²) in [6, 6.07) is 13.2. The van der Waals surface area contributed by atoms with E-state index in [0.717, 1.165) is 37.6 Å². The molecular weight excluding hydrogens is 477 g/mol. The third-order valence-electron chi connectivity index (χ3n) is 5.67. The number of amides is 1. The van der Waals surface area contributed by atoms with Crippen molar-refractivity contribution in [3.63, 3.8) is 0 Å². The van der Waals surface area contributed by atoms with Crippen molar-refractivity contribution in [1.29, 1.82) is 0 Å². The summed E-state index contributed by atoms with van der Waals surface area (Å²) in [6.45, 7) is 3.81. The molecule has 1 amide bonds. The first-order chi connectivity index (χ1) is 16.5. The van der Waals surface area contributed by atoms with Gasteiger partial charge >= 0.3 is 0 Å². The highest BCUT2D eigenvalue weighted by Gasteiger charge is 2.22. The molecule has 0 bridgehead atoms. The number of tetrazole rings is 1. The van der Waals surface area contributed by atoms with E-state index in [4.69, 9.17) is 28.9 Å². The van der Waals surface area contributed by atoms with Crippen LogP contribution in [0.5, 0.6) is 0 Å². The summed E-state index contributed by atoms with van der Waals surface area (Å²) in [5, 5.41) is 19.2. The molecule has 0 saturated carbocycles. The van der Waals surface area contributed by atoms with Crippen molar-refractivity contribution in [2.24, 2.45) is 5.73 Å². The molecule has 0 radical (unpaired) electrons. The molecule has 2 aromatic carbocycles. The molecule has 3 heterocycles. The predicted octanol–water partition coefficient (Wildman–Crippen LogP) is 2.67. The number of fused-ring (bicyclic) bond motifs is 1. The van der Waals surface area contributed by atoms with Gasteiger partial charge in [0.05, 0.1) is 0 Å². The van der Waals surface area contributed by atoms with Gasteiger partial charge in [0.25, 0.3) is 5.91 Å². The van der Waals surface area contributed by atoms with E-state index in [1.54, 1.807) is 18.2 Å². The van der Waals surface area contributed by atoms with Gasteiger partial charge in [0.2, 0.25) is 0 Å². The molecule has 34 heavy (non-hydrogen) atoms. The van der Waals surface area contributed by atoms with Crippen LogP contribution in [0.2, 0.25) is 10.0 Å². The maximum atomic E-state index is 12.3. The van der Waals surface area contributed by atoms with Gasteiger partial charge in [-0.05, 0) is 52.4 Å². The van der Waals surface area contributed by atoms with Crippen molar-refractivity contribution < 1.29 is 4.79 Å². The number of hydrogen-bond donors (Lipinski definition) is 3. The molecule has 10 nitrogen and oxygen atoms in total. The van der Waals surface area contributed by atoms with Crippen molar-refractivity contribution in [3.05, 3.63) is 69.5 Å². The van der Waals surface area contributed by atoms with Gasteiger partial charge in [-0.2, -0.15) is 4.52 Å². The van der Waals surface area contributed by atoms with Crippen LogP contribution in [-0.4, -0.2) is 57.1 Å². The highest BCUT2D eigenvalue weighted by atomic mass is 35.5. The zero-order chi connectivity index (χ0) is 23.7. The minimum atomic E-state index is -0.699. The van der Waals surface area contributed by atoms with E-state index in [1.807, 2.05) is 24.3 Å². The number of nitrogens with two attached hydrogens (primary N) is 1. The number of aromatic nitrogens is 5. The number of carbonyl (C=O) groups is 1. The average molecular weight is 498 g/mol. The molecule has 0 unspecified atom stereocenters. The van der Waals surface area contributed by atoms with Gasteiger partial charge in [-0.15, -0.1) is 5.10 Å². The van der Waals surface area contributed by atoms with Crippen LogP contribution in [0.1, 0.15) is 21.7 Å². The minimum Gasteiger partial charge on any atom is -0.369 e. The Morgan fingerprint density at radius 3 is 2.47 bits per heavy atom. The van der Waals surface area contributed by atoms with E-state index in [2.05, 4.69) is 36.0 Å². The predicted molar refractivity (Wildman–Crippen MR) is 131 cm³/mol. The number of benzene rings is 2. The van der Waals surface area contributed by atoms with Gasteiger partial charge in [0.1, 0.15) is 17.2 Å². The number of hydrogen-bond acceptors (Lipinski definition) is 8. The second kappa shape index (κ2) is 9.41. The largest absolute Gasteiger partial charge is 0.369 e. The highest BCUT2D eigenvalue weighted by molar-refractivity contribution is 6.36. The number of nitrogens with one attached hydrogen (secondary N) is 2. The van der Waals surface area contributed by atoms with E-state index in [0.29, 0.717) is 21.4 Å². The van der Waals surface area contributed by atoms with E-state index >= 15 is 0 Å². The Morgan fingerprint density at radius 2 is 1.79 bits per heavy atom. The van der Waals surface area contributed by atoms with Crippen molar-refractivity contribution >= 4 is 51.9 Å². The van der Waals surface area contributed by atoms with Crippen molar-refractivity contribution in [3.8, 4) is 0 Å². The van der Waals surface area contributed by atoms with Crippen LogP contribution >= 0.6 is 23.2 Å². The molecule has 12 heteroatoms. The number of nitrogens with zero attached hydrogens (tertiary/aromatic N) is 6. The Bertz CT molecular complexity index is 1330. The molecular formula is C22H21Cl2N9O. The smallest absolute Gasteiger partial charge is 0.256 e. The van der Waals surface area contributed by atoms with Crippen molar-refractivity contribution in [1.82, 2.24) is 30.3 Å². The molecule has 0 atom stereocenters. The van der Waals surface area contributed by atoms with Crippen LogP contribution in [0.3, 0.4) is 0 Å². The third kappa shape index (κ3) is 4.35. The molecule has 4 aromatic rings. The van der Waals surface area contributed by atoms with E-state index in [1.165, 1.54) is 4.52 Å². The number of anilines is 3. The lowest BCUT2D eigenvalue weighted by atomic mass is 10.1. The van der Waals surface area contributed by atoms with Crippen molar-refractivity contribution in [2.45, 2.75) is 6.42 Å². The zero-order valence-corrected chi connectivity index (χ0v) is 19.5. The topological polar surface area (TPSA) is 126 Å². The van der Waals surface area contributed by atoms with E-state index in [-0.39, 0.29) is 23.4 Å². The summed E-state index contributed by atoms with van der Waals surface area (Å²) in [5.74, 6) is -0.00241. The molecule has 0 aliphatic carbocycles. The number of primary amides is 1. The highest BCUT2D eigenvalue weighted by Crippen LogP contribution is 2.29. The Morgan fingerprint density at radius 1 is 1.09 bits per heavy atom. The summed E-state index contributed by atoms with van der Waals surface area (Å²) < 4.78 is 1.37. The molecule has 1 aliphatic rings. The second-order valence-electron chi connectivity index (χ2n) is 7.82. The van der Waals surface area contributed by atoms with E-state index < -0.39 is 5.91 Å². The zero-order valence-electron chi connectivity index (χ0n) is 18.0. The first-order valence-electron chi connectivity index (χ1n) is 10.7. The molecule has 0 spiro atoms. The van der Waals surface area contributed by atoms with Crippen LogP contribution in [0, 0.1) is 0 Å². The fourth-order valence-electron chi connectivity index (χ4n) is 3.96. The summed E-state index contributed by atoms with van der Waals surface area (Å²) in [6.07, 6.45) is 0.246. The van der Waals surface area contributed by atoms with Crippen LogP contribution in [0.4, 0.5) is 17.2 Å². The first-order valence-corrected chi connectivity index (χ1v) is 11.4. The summed E-state index contributed by atoms with van der Waals surface area (Å²) in [7, 11) is 0. The van der Waals surface area contributed by atoms with Crippen molar-refractivity contribution in [2.75, 3.05) is 36.4 Å². The molecule has 2 aromatic heterocycles. The van der Waals surface area contributed by atoms with Gasteiger partial charge < -0.3 is 21.3 Å². The fraction of sp³-hybridized carbons (Fsp3) is 0.227.